The van der Waals surface area contributed by atoms with Crippen LogP contribution in [0.2, 0.25) is 0 Å². The fraction of sp³-hybridized carbons (Fsp3) is 0.217. The Labute approximate surface area is 170 Å². The third-order valence-corrected chi connectivity index (χ3v) is 14.2. The summed E-state index contributed by atoms with van der Waals surface area (Å²) in [4.78, 5) is 0. The van der Waals surface area contributed by atoms with E-state index in [2.05, 4.69) is 106 Å². The van der Waals surface area contributed by atoms with Crippen molar-refractivity contribution in [3.8, 4) is 0 Å². The van der Waals surface area contributed by atoms with Crippen molar-refractivity contribution in [2.75, 3.05) is 20.4 Å². The van der Waals surface area contributed by atoms with Gasteiger partial charge < -0.3 is 0 Å². The van der Waals surface area contributed by atoms with Crippen molar-refractivity contribution in [3.05, 3.63) is 96.6 Å². The summed E-state index contributed by atoms with van der Waals surface area (Å²) in [6.07, 6.45) is 1.34. The van der Waals surface area contributed by atoms with Crippen molar-refractivity contribution < 1.29 is 9.47 Å². The van der Waals surface area contributed by atoms with E-state index in [0.717, 1.165) is 12.3 Å². The summed E-state index contributed by atoms with van der Waals surface area (Å²) in [5.41, 5.74) is 1.30. The molecule has 3 rings (SSSR count). The molecule has 0 aliphatic rings. The fourth-order valence-electron chi connectivity index (χ4n) is 3.67. The molecule has 0 heterocycles. The van der Waals surface area contributed by atoms with Crippen molar-refractivity contribution in [1.82, 2.24) is 0 Å². The van der Waals surface area contributed by atoms with E-state index in [4.69, 9.17) is 9.47 Å². The standard InChI is InChI=1S/C23H26BrO2P/c1-25-23(26-2)19-27(24,21-14-8-4-9-15-21,22-16-10-5-11-17-22)18-20-12-6-3-7-13-20/h3-17,23H,18-19H2,1-2H3. The van der Waals surface area contributed by atoms with E-state index in [1.165, 1.54) is 16.2 Å². The van der Waals surface area contributed by atoms with E-state index in [-0.39, 0.29) is 6.29 Å². The molecule has 3 aromatic carbocycles. The molecule has 0 aliphatic heterocycles. The zero-order valence-corrected chi connectivity index (χ0v) is 18.3. The van der Waals surface area contributed by atoms with Crippen molar-refractivity contribution in [3.63, 3.8) is 0 Å². The molecular formula is C23H26BrO2P. The topological polar surface area (TPSA) is 18.5 Å². The fourth-order valence-corrected chi connectivity index (χ4v) is 11.5. The van der Waals surface area contributed by atoms with Crippen LogP contribution in [0.5, 0.6) is 0 Å². The van der Waals surface area contributed by atoms with Crippen molar-refractivity contribution in [2.45, 2.75) is 12.5 Å². The van der Waals surface area contributed by atoms with Crippen molar-refractivity contribution in [2.24, 2.45) is 0 Å². The maximum absolute atomic E-state index is 5.68. The van der Waals surface area contributed by atoms with Gasteiger partial charge in [-0.05, 0) is 0 Å². The molecule has 0 unspecified atom stereocenters. The van der Waals surface area contributed by atoms with Gasteiger partial charge in [0.05, 0.1) is 0 Å². The maximum atomic E-state index is 5.68. The van der Waals surface area contributed by atoms with E-state index in [1.54, 1.807) is 14.2 Å². The van der Waals surface area contributed by atoms with E-state index in [0.29, 0.717) is 0 Å². The van der Waals surface area contributed by atoms with Gasteiger partial charge in [-0.15, -0.1) is 0 Å². The normalized spacial score (nSPS) is 13.3. The number of hydrogen-bond donors (Lipinski definition) is 0. The molecule has 2 nitrogen and oxygen atoms in total. The molecule has 0 bridgehead atoms. The summed E-state index contributed by atoms with van der Waals surface area (Å²) in [6.45, 7) is 0. The first kappa shape index (κ1) is 20.2. The van der Waals surface area contributed by atoms with Crippen LogP contribution in [0.3, 0.4) is 0 Å². The van der Waals surface area contributed by atoms with E-state index in [1.807, 2.05) is 0 Å². The molecule has 0 aliphatic carbocycles. The molecule has 0 atom stereocenters. The summed E-state index contributed by atoms with van der Waals surface area (Å²) in [7, 11) is 3.42. The number of methoxy groups -OCH3 is 2. The minimum atomic E-state index is -2.84. The molecule has 0 amide bonds. The summed E-state index contributed by atoms with van der Waals surface area (Å²) < 4.78 is 11.4. The van der Waals surface area contributed by atoms with Crippen LogP contribution in [0.1, 0.15) is 5.56 Å². The predicted molar refractivity (Wildman–Crippen MR) is 121 cm³/mol. The number of ether oxygens (including phenoxy) is 2. The van der Waals surface area contributed by atoms with Crippen molar-refractivity contribution in [1.29, 1.82) is 0 Å². The van der Waals surface area contributed by atoms with Crippen LogP contribution in [-0.4, -0.2) is 26.7 Å². The molecule has 0 N–H and O–H groups in total. The molecule has 0 saturated carbocycles. The van der Waals surface area contributed by atoms with Crippen LogP contribution >= 0.6 is 20.8 Å². The third kappa shape index (κ3) is 4.17. The Bertz CT molecular complexity index is 797. The van der Waals surface area contributed by atoms with Gasteiger partial charge in [0.2, 0.25) is 0 Å². The number of benzene rings is 3. The third-order valence-electron chi connectivity index (χ3n) is 5.11. The summed E-state index contributed by atoms with van der Waals surface area (Å²) >= 11 is 4.40. The monoisotopic (exact) mass is 444 g/mol. The zero-order chi connectivity index (χ0) is 19.2. The quantitative estimate of drug-likeness (QED) is 0.345. The second kappa shape index (κ2) is 8.67. The van der Waals surface area contributed by atoms with Gasteiger partial charge in [0.25, 0.3) is 0 Å². The Kier molecular flexibility index (Phi) is 6.49. The second-order valence-electron chi connectivity index (χ2n) is 6.77. The Morgan fingerprint density at radius 1 is 0.704 bits per heavy atom. The van der Waals surface area contributed by atoms with Gasteiger partial charge in [0.15, 0.2) is 0 Å². The molecular weight excluding hydrogens is 419 g/mol. The molecule has 0 spiro atoms. The van der Waals surface area contributed by atoms with E-state index < -0.39 is 5.31 Å². The Hall–Kier alpha value is -1.51. The molecule has 0 aromatic heterocycles. The predicted octanol–water partition coefficient (Wildman–Crippen LogP) is 5.32. The summed E-state index contributed by atoms with van der Waals surface area (Å²) in [5, 5.41) is -0.235. The molecule has 142 valence electrons. The Morgan fingerprint density at radius 2 is 1.11 bits per heavy atom. The first-order valence-electron chi connectivity index (χ1n) is 9.03. The SMILES string of the molecule is COC(CP(Br)(Cc1ccccc1)(c1ccccc1)c1ccccc1)OC. The Morgan fingerprint density at radius 3 is 1.52 bits per heavy atom. The molecule has 27 heavy (non-hydrogen) atoms. The van der Waals surface area contributed by atoms with Gasteiger partial charge in [0, 0.05) is 0 Å². The van der Waals surface area contributed by atoms with Gasteiger partial charge in [-0.3, -0.25) is 0 Å². The number of halogens is 1. The van der Waals surface area contributed by atoms with Gasteiger partial charge >= 0.3 is 170 Å². The van der Waals surface area contributed by atoms with Gasteiger partial charge in [0.1, 0.15) is 0 Å². The van der Waals surface area contributed by atoms with E-state index >= 15 is 0 Å². The van der Waals surface area contributed by atoms with Crippen LogP contribution in [-0.2, 0) is 15.6 Å². The van der Waals surface area contributed by atoms with Crippen LogP contribution in [0.4, 0.5) is 0 Å². The Balaban J connectivity index is 2.27. The molecule has 3 aromatic rings. The van der Waals surface area contributed by atoms with Crippen LogP contribution in [0.15, 0.2) is 91.0 Å². The number of hydrogen-bond acceptors (Lipinski definition) is 2. The van der Waals surface area contributed by atoms with Gasteiger partial charge in [-0.1, -0.05) is 0 Å². The summed E-state index contributed by atoms with van der Waals surface area (Å²) in [6, 6.07) is 32.1. The second-order valence-corrected chi connectivity index (χ2v) is 16.4. The summed E-state index contributed by atoms with van der Waals surface area (Å²) in [5.74, 6) is 0. The molecule has 0 saturated heterocycles. The van der Waals surface area contributed by atoms with Crippen LogP contribution < -0.4 is 10.6 Å². The zero-order valence-electron chi connectivity index (χ0n) is 15.8. The van der Waals surface area contributed by atoms with E-state index in [9.17, 15) is 0 Å². The average molecular weight is 445 g/mol. The van der Waals surface area contributed by atoms with Gasteiger partial charge in [-0.25, -0.2) is 0 Å². The number of rotatable bonds is 8. The first-order chi connectivity index (χ1) is 13.1. The molecule has 0 fully saturated rings. The van der Waals surface area contributed by atoms with Crippen molar-refractivity contribution >= 4 is 31.4 Å². The van der Waals surface area contributed by atoms with Gasteiger partial charge in [-0.2, -0.15) is 0 Å². The molecule has 0 radical (unpaired) electrons. The minimum absolute atomic E-state index is 0.300. The average Bonchev–Trinajstić information content (AvgIpc) is 2.74. The van der Waals surface area contributed by atoms with Crippen LogP contribution in [0.25, 0.3) is 0 Å². The molecule has 4 heteroatoms. The van der Waals surface area contributed by atoms with Crippen LogP contribution in [0, 0.1) is 0 Å². The first-order valence-corrected chi connectivity index (χ1v) is 13.7.